The van der Waals surface area contributed by atoms with Crippen molar-refractivity contribution in [3.05, 3.63) is 75.0 Å². The van der Waals surface area contributed by atoms with Gasteiger partial charge in [-0.1, -0.05) is 40.5 Å². The summed E-state index contributed by atoms with van der Waals surface area (Å²) in [5.74, 6) is 0.0730. The van der Waals surface area contributed by atoms with Crippen LogP contribution < -0.4 is 5.32 Å². The van der Waals surface area contributed by atoms with Crippen LogP contribution in [0.1, 0.15) is 85.9 Å². The smallest absolute Gasteiger partial charge is 0.226 e. The Labute approximate surface area is 304 Å². The zero-order valence-corrected chi connectivity index (χ0v) is 29.8. The van der Waals surface area contributed by atoms with Gasteiger partial charge in [0.25, 0.3) is 0 Å². The second-order valence-electron chi connectivity index (χ2n) is 14.7. The molecule has 3 aromatic heterocycles. The SMILES string of the molecule is Cc1nc2c(F)c(-c3cccc(Cl)c3Cl)c(CCC#N)cc2c2c1cc([C@H]1C[C@H](n3cc([C@H](C)O)nn3)CN1C(=O)C1CC1)n2[C@H]1C2CNC1C2. The molecule has 2 unspecified atom stereocenters. The third-order valence-electron chi connectivity index (χ3n) is 11.6. The number of pyridine rings is 1. The van der Waals surface area contributed by atoms with Gasteiger partial charge in [0.2, 0.25) is 5.91 Å². The molecule has 6 heterocycles. The number of nitriles is 1. The van der Waals surface area contributed by atoms with E-state index in [0.29, 0.717) is 63.8 Å². The van der Waals surface area contributed by atoms with Crippen molar-refractivity contribution in [2.45, 2.75) is 82.6 Å². The number of fused-ring (bicyclic) bond motifs is 4. The van der Waals surface area contributed by atoms with Crippen molar-refractivity contribution >= 4 is 50.9 Å². The number of hydrogen-bond acceptors (Lipinski definition) is 7. The number of aliphatic hydroxyl groups excluding tert-OH is 1. The van der Waals surface area contributed by atoms with Crippen LogP contribution in [-0.2, 0) is 11.2 Å². The van der Waals surface area contributed by atoms with Gasteiger partial charge in [0.15, 0.2) is 5.82 Å². The first-order valence-electron chi connectivity index (χ1n) is 17.8. The number of nitrogens with one attached hydrogen (secondary N) is 1. The maximum atomic E-state index is 17.2. The van der Waals surface area contributed by atoms with Crippen molar-refractivity contribution in [3.8, 4) is 17.2 Å². The van der Waals surface area contributed by atoms with E-state index in [1.165, 1.54) is 0 Å². The highest BCUT2D eigenvalue weighted by Crippen LogP contribution is 2.52. The second kappa shape index (κ2) is 12.3. The Balaban J connectivity index is 1.28. The first kappa shape index (κ1) is 32.8. The Hall–Kier alpha value is -4.08. The molecule has 10 nitrogen and oxygen atoms in total. The van der Waals surface area contributed by atoms with Gasteiger partial charge in [0, 0.05) is 64.8 Å². The van der Waals surface area contributed by atoms with Crippen LogP contribution in [0.3, 0.4) is 0 Å². The number of aryl methyl sites for hydroxylation is 2. The largest absolute Gasteiger partial charge is 0.387 e. The molecule has 3 saturated heterocycles. The van der Waals surface area contributed by atoms with Crippen molar-refractivity contribution in [3.63, 3.8) is 0 Å². The number of carbonyl (C=O) groups is 1. The van der Waals surface area contributed by atoms with Crippen LogP contribution in [0.15, 0.2) is 36.5 Å². The van der Waals surface area contributed by atoms with Gasteiger partial charge in [0.05, 0.1) is 52.1 Å². The highest BCUT2D eigenvalue weighted by atomic mass is 35.5. The summed E-state index contributed by atoms with van der Waals surface area (Å²) in [5, 5.41) is 34.2. The van der Waals surface area contributed by atoms with E-state index < -0.39 is 11.9 Å². The number of aromatic nitrogens is 5. The lowest BCUT2D eigenvalue weighted by Crippen LogP contribution is -2.41. The minimum atomic E-state index is -0.748. The summed E-state index contributed by atoms with van der Waals surface area (Å²) in [5.41, 5.74) is 4.77. The number of hydrogen-bond donors (Lipinski definition) is 2. The second-order valence-corrected chi connectivity index (χ2v) is 15.5. The quantitative estimate of drug-likeness (QED) is 0.174. The molecule has 2 saturated carbocycles. The van der Waals surface area contributed by atoms with E-state index >= 15 is 4.39 Å². The number of likely N-dealkylation sites (tertiary alicyclic amines) is 1. The number of rotatable bonds is 8. The fraction of sp³-hybridized carbons (Fsp3) is 0.447. The van der Waals surface area contributed by atoms with Gasteiger partial charge < -0.3 is 19.9 Å². The summed E-state index contributed by atoms with van der Waals surface area (Å²) in [4.78, 5) is 20.9. The lowest BCUT2D eigenvalue weighted by molar-refractivity contribution is -0.133. The number of aliphatic hydroxyl groups is 1. The average Bonchev–Trinajstić information content (AvgIpc) is 3.61. The van der Waals surface area contributed by atoms with E-state index in [4.69, 9.17) is 28.2 Å². The molecule has 5 aliphatic rings. The van der Waals surface area contributed by atoms with E-state index in [1.54, 1.807) is 36.0 Å². The molecule has 2 N–H and O–H groups in total. The predicted octanol–water partition coefficient (Wildman–Crippen LogP) is 7.17. The molecule has 51 heavy (non-hydrogen) atoms. The average molecular weight is 728 g/mol. The van der Waals surface area contributed by atoms with Crippen LogP contribution in [-0.4, -0.2) is 59.6 Å². The third kappa shape index (κ3) is 5.17. The molecule has 0 spiro atoms. The van der Waals surface area contributed by atoms with Crippen LogP contribution in [0.5, 0.6) is 0 Å². The third-order valence-corrected chi connectivity index (χ3v) is 12.4. The van der Waals surface area contributed by atoms with Crippen molar-refractivity contribution in [2.24, 2.45) is 11.8 Å². The molecule has 6 atom stereocenters. The molecular formula is C38H37Cl2FN8O2. The topological polar surface area (TPSA) is 125 Å². The van der Waals surface area contributed by atoms with Gasteiger partial charge in [-0.25, -0.2) is 14.1 Å². The van der Waals surface area contributed by atoms with Gasteiger partial charge in [-0.2, -0.15) is 5.26 Å². The highest BCUT2D eigenvalue weighted by molar-refractivity contribution is 6.43. The number of amides is 1. The first-order valence-corrected chi connectivity index (χ1v) is 18.5. The maximum absolute atomic E-state index is 17.2. The normalized spacial score (nSPS) is 24.7. The van der Waals surface area contributed by atoms with Crippen molar-refractivity contribution in [2.75, 3.05) is 13.1 Å². The molecule has 5 fully saturated rings. The molecular weight excluding hydrogens is 690 g/mol. The van der Waals surface area contributed by atoms with Crippen molar-refractivity contribution in [1.29, 1.82) is 5.26 Å². The van der Waals surface area contributed by atoms with Crippen LogP contribution in [0.2, 0.25) is 10.0 Å². The number of halogens is 3. The zero-order valence-electron chi connectivity index (χ0n) is 28.3. The summed E-state index contributed by atoms with van der Waals surface area (Å²) >= 11 is 13.1. The Morgan fingerprint density at radius 2 is 2.04 bits per heavy atom. The van der Waals surface area contributed by atoms with Gasteiger partial charge in [0.1, 0.15) is 11.2 Å². The van der Waals surface area contributed by atoms with Crippen molar-refractivity contribution in [1.82, 2.24) is 34.8 Å². The predicted molar refractivity (Wildman–Crippen MR) is 192 cm³/mol. The summed E-state index contributed by atoms with van der Waals surface area (Å²) < 4.78 is 21.4. The molecule has 3 aliphatic heterocycles. The van der Waals surface area contributed by atoms with E-state index in [-0.39, 0.29) is 53.0 Å². The van der Waals surface area contributed by atoms with Crippen LogP contribution in [0.4, 0.5) is 4.39 Å². The summed E-state index contributed by atoms with van der Waals surface area (Å²) in [6.07, 6.45) is 5.00. The van der Waals surface area contributed by atoms with Gasteiger partial charge in [-0.15, -0.1) is 5.10 Å². The maximum Gasteiger partial charge on any atom is 0.226 e. The van der Waals surface area contributed by atoms with E-state index in [2.05, 4.69) is 32.3 Å². The zero-order chi connectivity index (χ0) is 35.3. The molecule has 10 rings (SSSR count). The summed E-state index contributed by atoms with van der Waals surface area (Å²) in [7, 11) is 0. The molecule has 1 amide bonds. The Bertz CT molecular complexity index is 2280. The van der Waals surface area contributed by atoms with E-state index in [0.717, 1.165) is 42.4 Å². The molecule has 262 valence electrons. The Morgan fingerprint density at radius 3 is 2.73 bits per heavy atom. The molecule has 2 bridgehead atoms. The lowest BCUT2D eigenvalue weighted by atomic mass is 9.79. The minimum Gasteiger partial charge on any atom is -0.387 e. The molecule has 0 radical (unpaired) electrons. The number of benzene rings is 2. The van der Waals surface area contributed by atoms with Gasteiger partial charge in [-0.3, -0.25) is 4.79 Å². The number of nitrogens with zero attached hydrogens (tertiary/aromatic N) is 7. The highest BCUT2D eigenvalue weighted by Gasteiger charge is 2.51. The number of carbonyl (C=O) groups excluding carboxylic acids is 1. The van der Waals surface area contributed by atoms with Crippen LogP contribution in [0, 0.1) is 35.9 Å². The molecule has 13 heteroatoms. The van der Waals surface area contributed by atoms with E-state index in [1.807, 2.05) is 17.9 Å². The minimum absolute atomic E-state index is 0.0205. The Morgan fingerprint density at radius 1 is 1.22 bits per heavy atom. The van der Waals surface area contributed by atoms with Gasteiger partial charge in [-0.05, 0) is 75.6 Å². The summed E-state index contributed by atoms with van der Waals surface area (Å²) in [6.45, 7) is 4.95. The fourth-order valence-electron chi connectivity index (χ4n) is 8.85. The monoisotopic (exact) mass is 726 g/mol. The molecule has 2 aliphatic carbocycles. The first-order chi connectivity index (χ1) is 24.6. The standard InChI is InChI=1S/C38H37Cl2FN8O2/c1-18-25-14-31(30-13-23(16-47(30)38(51)20-8-9-20)48-17-29(19(2)50)45-46-48)49(36-22-12-28(36)43-15-22)37(25)26-11-21(5-4-10-42)32(34(41)35(26)44-18)24-6-3-7-27(39)33(24)40/h3,6-7,11,14,17,19-20,22-23,28,30,36,43,50H,4-5,8-9,12-13,15-16H2,1-2H3/t19-,22?,23-,28?,30+,36-/m0/s1. The molecule has 5 aromatic rings. The Kier molecular flexibility index (Phi) is 7.89. The van der Waals surface area contributed by atoms with E-state index in [9.17, 15) is 15.2 Å². The lowest BCUT2D eigenvalue weighted by Gasteiger charge is -2.39. The van der Waals surface area contributed by atoms with Gasteiger partial charge >= 0.3 is 0 Å². The fourth-order valence-corrected chi connectivity index (χ4v) is 9.25. The van der Waals surface area contributed by atoms with Crippen LogP contribution in [0.25, 0.3) is 32.9 Å². The molecule has 2 aromatic carbocycles. The summed E-state index contributed by atoms with van der Waals surface area (Å²) in [6, 6.07) is 11.6. The van der Waals surface area contributed by atoms with Crippen LogP contribution >= 0.6 is 23.2 Å². The van der Waals surface area contributed by atoms with Crippen molar-refractivity contribution < 1.29 is 14.3 Å².